The van der Waals surface area contributed by atoms with Gasteiger partial charge in [0.05, 0.1) is 28.1 Å². The van der Waals surface area contributed by atoms with E-state index in [1.165, 1.54) is 4.57 Å². The molecule has 0 unspecified atom stereocenters. The number of carbonyl (C=O) groups excluding carboxylic acids is 1. The lowest BCUT2D eigenvalue weighted by Crippen LogP contribution is -2.51. The predicted octanol–water partition coefficient (Wildman–Crippen LogP) is 3.84. The van der Waals surface area contributed by atoms with Crippen LogP contribution < -0.4 is 15.7 Å². The maximum atomic E-state index is 15.3. The number of halogens is 5. The van der Waals surface area contributed by atoms with Crippen molar-refractivity contribution in [3.63, 3.8) is 0 Å². The van der Waals surface area contributed by atoms with Crippen LogP contribution in [0.25, 0.3) is 16.9 Å². The third-order valence-electron chi connectivity index (χ3n) is 6.52. The molecule has 4 rings (SSSR count). The number of pyridine rings is 1. The third-order valence-corrected chi connectivity index (χ3v) is 8.17. The van der Waals surface area contributed by atoms with Crippen molar-refractivity contribution in [3.8, 4) is 11.6 Å². The minimum Gasteiger partial charge on any atom is -0.428 e. The van der Waals surface area contributed by atoms with E-state index >= 15 is 4.39 Å². The fraction of sp³-hybridized carbons (Fsp3) is 0.458. The van der Waals surface area contributed by atoms with Crippen LogP contribution >= 0.6 is 0 Å². The molecule has 0 bridgehead atoms. The zero-order chi connectivity index (χ0) is 28.9. The van der Waals surface area contributed by atoms with Crippen LogP contribution in [0.2, 0.25) is 0 Å². The van der Waals surface area contributed by atoms with Gasteiger partial charge in [-0.3, -0.25) is 9.36 Å². The van der Waals surface area contributed by atoms with Crippen molar-refractivity contribution in [1.29, 1.82) is 0 Å². The monoisotopic (exact) mass is 576 g/mol. The average molecular weight is 577 g/mol. The van der Waals surface area contributed by atoms with Gasteiger partial charge in [0.25, 0.3) is 5.91 Å². The van der Waals surface area contributed by atoms with Crippen LogP contribution in [0.4, 0.5) is 22.0 Å². The van der Waals surface area contributed by atoms with Crippen molar-refractivity contribution in [3.05, 3.63) is 52.3 Å². The summed E-state index contributed by atoms with van der Waals surface area (Å²) < 4.78 is 97.1. The molecule has 1 aromatic carbocycles. The van der Waals surface area contributed by atoms with E-state index in [9.17, 15) is 35.6 Å². The standard InChI is InChI=1S/C24H25F5N4O5S/c1-13(2)32-17-11-15(20(34)31-23(3)5-8-39(36,37)9-6-23)16(25)12-18(17)33(22(32)35)19-10-14(4-7-30-19)38-24(28,29)21(26)27/h4,7,10-13,21H,5-6,8-9H2,1-3H3,(H,31,34). The fourth-order valence-electron chi connectivity index (χ4n) is 4.37. The molecule has 1 N–H and O–H groups in total. The number of alkyl halides is 4. The predicted molar refractivity (Wildman–Crippen MR) is 131 cm³/mol. The quantitative estimate of drug-likeness (QED) is 0.428. The number of sulfone groups is 1. The number of benzene rings is 1. The summed E-state index contributed by atoms with van der Waals surface area (Å²) in [6, 6.07) is 3.28. The number of nitrogens with zero attached hydrogens (tertiary/aromatic N) is 3. The summed E-state index contributed by atoms with van der Waals surface area (Å²) in [7, 11) is -3.21. The maximum Gasteiger partial charge on any atom is 0.461 e. The lowest BCUT2D eigenvalue weighted by Gasteiger charge is -2.34. The SMILES string of the molecule is CC(C)n1c(=O)n(-c2cc(OC(F)(F)C(F)F)ccn2)c2cc(F)c(C(=O)NC3(C)CCS(=O)(=O)CC3)cc21. The van der Waals surface area contributed by atoms with Crippen LogP contribution in [0.3, 0.4) is 0 Å². The molecule has 0 atom stereocenters. The largest absolute Gasteiger partial charge is 0.461 e. The Balaban J connectivity index is 1.78. The summed E-state index contributed by atoms with van der Waals surface area (Å²) in [4.78, 5) is 30.4. The molecule has 0 aliphatic carbocycles. The first kappa shape index (κ1) is 28.5. The highest BCUT2D eigenvalue weighted by Gasteiger charge is 2.44. The number of aromatic nitrogens is 3. The fourth-order valence-corrected chi connectivity index (χ4v) is 6.10. The summed E-state index contributed by atoms with van der Waals surface area (Å²) in [6.45, 7) is 4.96. The summed E-state index contributed by atoms with van der Waals surface area (Å²) in [5.74, 6) is -3.09. The molecule has 39 heavy (non-hydrogen) atoms. The Morgan fingerprint density at radius 1 is 1.15 bits per heavy atom. The number of hydrogen-bond donors (Lipinski definition) is 1. The highest BCUT2D eigenvalue weighted by Crippen LogP contribution is 2.30. The van der Waals surface area contributed by atoms with Crippen molar-refractivity contribution in [2.75, 3.05) is 11.5 Å². The van der Waals surface area contributed by atoms with Gasteiger partial charge in [0.2, 0.25) is 0 Å². The maximum absolute atomic E-state index is 15.3. The number of carbonyl (C=O) groups is 1. The average Bonchev–Trinajstić information content (AvgIpc) is 3.11. The molecule has 0 radical (unpaired) electrons. The first-order valence-electron chi connectivity index (χ1n) is 11.8. The molecule has 212 valence electrons. The van der Waals surface area contributed by atoms with Gasteiger partial charge in [0.15, 0.2) is 0 Å². The van der Waals surface area contributed by atoms with E-state index in [4.69, 9.17) is 0 Å². The smallest absolute Gasteiger partial charge is 0.428 e. The first-order valence-corrected chi connectivity index (χ1v) is 13.7. The van der Waals surface area contributed by atoms with Gasteiger partial charge in [0.1, 0.15) is 27.2 Å². The van der Waals surface area contributed by atoms with Crippen LogP contribution in [-0.4, -0.2) is 58.0 Å². The number of fused-ring (bicyclic) bond motifs is 1. The normalized spacial score (nSPS) is 17.1. The Labute approximate surface area is 219 Å². The van der Waals surface area contributed by atoms with E-state index in [0.717, 1.165) is 35.0 Å². The van der Waals surface area contributed by atoms with Crippen molar-refractivity contribution in [1.82, 2.24) is 19.4 Å². The molecule has 1 saturated heterocycles. The van der Waals surface area contributed by atoms with Crippen LogP contribution in [0, 0.1) is 5.82 Å². The lowest BCUT2D eigenvalue weighted by atomic mass is 9.94. The molecule has 3 heterocycles. The molecule has 1 fully saturated rings. The van der Waals surface area contributed by atoms with Crippen molar-refractivity contribution in [2.45, 2.75) is 57.7 Å². The van der Waals surface area contributed by atoms with Gasteiger partial charge in [-0.1, -0.05) is 0 Å². The van der Waals surface area contributed by atoms with Gasteiger partial charge in [-0.2, -0.15) is 17.6 Å². The van der Waals surface area contributed by atoms with E-state index in [1.807, 2.05) is 0 Å². The molecule has 0 saturated carbocycles. The second kappa shape index (κ2) is 9.92. The summed E-state index contributed by atoms with van der Waals surface area (Å²) >= 11 is 0. The van der Waals surface area contributed by atoms with Crippen LogP contribution in [0.15, 0.2) is 35.3 Å². The molecular weight excluding hydrogens is 551 g/mol. The van der Waals surface area contributed by atoms with Gasteiger partial charge in [-0.15, -0.1) is 0 Å². The summed E-state index contributed by atoms with van der Waals surface area (Å²) in [6.07, 6.45) is -7.67. The van der Waals surface area contributed by atoms with Gasteiger partial charge in [0, 0.05) is 29.9 Å². The van der Waals surface area contributed by atoms with E-state index in [-0.39, 0.29) is 41.2 Å². The molecule has 1 amide bonds. The topological polar surface area (TPSA) is 112 Å². The van der Waals surface area contributed by atoms with Crippen LogP contribution in [0.1, 0.15) is 50.0 Å². The molecule has 2 aromatic heterocycles. The zero-order valence-electron chi connectivity index (χ0n) is 21.1. The Bertz CT molecular complexity index is 1590. The number of ether oxygens (including phenoxy) is 1. The minimum absolute atomic E-state index is 0.0667. The second-order valence-corrected chi connectivity index (χ2v) is 12.2. The van der Waals surface area contributed by atoms with Gasteiger partial charge in [-0.25, -0.2) is 27.2 Å². The molecule has 1 aliphatic heterocycles. The van der Waals surface area contributed by atoms with E-state index in [0.29, 0.717) is 0 Å². The zero-order valence-corrected chi connectivity index (χ0v) is 21.9. The Morgan fingerprint density at radius 3 is 2.38 bits per heavy atom. The molecule has 0 spiro atoms. The second-order valence-electron chi connectivity index (χ2n) is 9.88. The number of imidazole rings is 1. The van der Waals surface area contributed by atoms with Crippen molar-refractivity contribution < 1.29 is 39.9 Å². The number of rotatable bonds is 7. The number of nitrogens with one attached hydrogen (secondary N) is 1. The third kappa shape index (κ3) is 5.63. The van der Waals surface area contributed by atoms with Gasteiger partial charge >= 0.3 is 18.2 Å². The molecule has 3 aromatic rings. The summed E-state index contributed by atoms with van der Waals surface area (Å²) in [5, 5.41) is 2.70. The van der Waals surface area contributed by atoms with Gasteiger partial charge in [-0.05, 0) is 45.7 Å². The first-order chi connectivity index (χ1) is 18.0. The van der Waals surface area contributed by atoms with Crippen molar-refractivity contribution >= 4 is 26.8 Å². The molecule has 15 heteroatoms. The van der Waals surface area contributed by atoms with Crippen LogP contribution in [-0.2, 0) is 9.84 Å². The molecule has 1 aliphatic rings. The highest BCUT2D eigenvalue weighted by atomic mass is 32.2. The summed E-state index contributed by atoms with van der Waals surface area (Å²) in [5.41, 5.74) is -2.00. The Hall–Kier alpha value is -3.49. The number of hydrogen-bond acceptors (Lipinski definition) is 6. The van der Waals surface area contributed by atoms with E-state index in [2.05, 4.69) is 15.0 Å². The highest BCUT2D eigenvalue weighted by molar-refractivity contribution is 7.91. The molecular formula is C24H25F5N4O5S. The minimum atomic E-state index is -4.80. The Kier molecular flexibility index (Phi) is 7.25. The number of amides is 1. The van der Waals surface area contributed by atoms with Crippen LogP contribution in [0.5, 0.6) is 5.75 Å². The van der Waals surface area contributed by atoms with Crippen molar-refractivity contribution in [2.24, 2.45) is 0 Å². The molecule has 9 nitrogen and oxygen atoms in total. The Morgan fingerprint density at radius 2 is 1.79 bits per heavy atom. The van der Waals surface area contributed by atoms with E-state index in [1.54, 1.807) is 20.8 Å². The van der Waals surface area contributed by atoms with E-state index < -0.39 is 62.7 Å². The van der Waals surface area contributed by atoms with Gasteiger partial charge < -0.3 is 10.1 Å². The lowest BCUT2D eigenvalue weighted by molar-refractivity contribution is -0.253.